The molecule has 2 aliphatic rings. The number of hydrogen-bond donors (Lipinski definition) is 2. The summed E-state index contributed by atoms with van der Waals surface area (Å²) in [5, 5.41) is 12.2. The molecule has 0 spiro atoms. The molecule has 0 unspecified atom stereocenters. The van der Waals surface area contributed by atoms with Crippen LogP contribution in [0.2, 0.25) is 0 Å². The minimum atomic E-state index is -0.925. The van der Waals surface area contributed by atoms with Crippen LogP contribution in [0.25, 0.3) is 0 Å². The van der Waals surface area contributed by atoms with Crippen molar-refractivity contribution in [2.45, 2.75) is 63.5 Å². The van der Waals surface area contributed by atoms with Crippen molar-refractivity contribution in [2.24, 2.45) is 5.92 Å². The highest BCUT2D eigenvalue weighted by Gasteiger charge is 2.33. The summed E-state index contributed by atoms with van der Waals surface area (Å²) in [5.41, 5.74) is 0. The summed E-state index contributed by atoms with van der Waals surface area (Å²) < 4.78 is 5.41. The minimum absolute atomic E-state index is 0.0382. The first-order chi connectivity index (χ1) is 9.16. The molecule has 0 aromatic rings. The summed E-state index contributed by atoms with van der Waals surface area (Å²) in [4.78, 5) is 23.2. The predicted molar refractivity (Wildman–Crippen MR) is 69.7 cm³/mol. The highest BCUT2D eigenvalue weighted by atomic mass is 16.5. The third-order valence-corrected chi connectivity index (χ3v) is 4.11. The number of aliphatic carboxylic acids is 1. The van der Waals surface area contributed by atoms with Gasteiger partial charge >= 0.3 is 5.97 Å². The van der Waals surface area contributed by atoms with Gasteiger partial charge in [-0.3, -0.25) is 9.59 Å². The molecule has 5 heteroatoms. The molecule has 1 amide bonds. The molecule has 0 radical (unpaired) electrons. The lowest BCUT2D eigenvalue weighted by Crippen LogP contribution is -2.40. The van der Waals surface area contributed by atoms with Gasteiger partial charge in [-0.25, -0.2) is 0 Å². The lowest BCUT2D eigenvalue weighted by molar-refractivity contribution is -0.149. The Balaban J connectivity index is 1.82. The number of carbonyl (C=O) groups excluding carboxylic acids is 1. The summed E-state index contributed by atoms with van der Waals surface area (Å²) in [6.07, 6.45) is 6.95. The summed E-state index contributed by atoms with van der Waals surface area (Å²) in [6.45, 7) is 0.610. The first kappa shape index (κ1) is 14.3. The molecule has 2 atom stereocenters. The molecule has 108 valence electrons. The van der Waals surface area contributed by atoms with E-state index in [4.69, 9.17) is 4.74 Å². The number of hydrogen-bond acceptors (Lipinski definition) is 3. The van der Waals surface area contributed by atoms with Crippen LogP contribution in [-0.2, 0) is 14.3 Å². The van der Waals surface area contributed by atoms with Gasteiger partial charge in [-0.1, -0.05) is 19.3 Å². The Bertz CT molecular complexity index is 319. The molecule has 1 saturated heterocycles. The summed E-state index contributed by atoms with van der Waals surface area (Å²) >= 11 is 0. The number of carbonyl (C=O) groups is 2. The highest BCUT2D eigenvalue weighted by Crippen LogP contribution is 2.24. The number of rotatable bonds is 5. The standard InChI is InChI=1S/C14H23NO4/c16-13(15-10-5-2-1-3-6-10)9-11(14(17)18)12-7-4-8-19-12/h10-12H,1-9H2,(H,15,16)(H,17,18)/t11-,12-/m0/s1. The number of ether oxygens (including phenoxy) is 1. The van der Waals surface area contributed by atoms with Gasteiger partial charge in [0.25, 0.3) is 0 Å². The maximum absolute atomic E-state index is 12.0. The monoisotopic (exact) mass is 269 g/mol. The number of amides is 1. The Morgan fingerprint density at radius 2 is 1.89 bits per heavy atom. The van der Waals surface area contributed by atoms with Crippen molar-refractivity contribution in [3.63, 3.8) is 0 Å². The molecule has 0 bridgehead atoms. The third kappa shape index (κ3) is 4.20. The smallest absolute Gasteiger partial charge is 0.309 e. The Kier molecular flexibility index (Phi) is 5.19. The van der Waals surface area contributed by atoms with E-state index in [1.54, 1.807) is 0 Å². The van der Waals surface area contributed by atoms with Gasteiger partial charge in [0.15, 0.2) is 0 Å². The van der Waals surface area contributed by atoms with Crippen molar-refractivity contribution in [1.82, 2.24) is 5.32 Å². The fourth-order valence-electron chi connectivity index (χ4n) is 3.03. The van der Waals surface area contributed by atoms with Crippen LogP contribution in [0.3, 0.4) is 0 Å². The first-order valence-corrected chi connectivity index (χ1v) is 7.30. The van der Waals surface area contributed by atoms with Gasteiger partial charge in [0, 0.05) is 19.1 Å². The quantitative estimate of drug-likeness (QED) is 0.796. The Hall–Kier alpha value is -1.10. The Morgan fingerprint density at radius 3 is 2.47 bits per heavy atom. The van der Waals surface area contributed by atoms with Gasteiger partial charge in [-0.15, -0.1) is 0 Å². The topological polar surface area (TPSA) is 75.6 Å². The number of carboxylic acid groups (broad SMARTS) is 1. The van der Waals surface area contributed by atoms with E-state index >= 15 is 0 Å². The van der Waals surface area contributed by atoms with Crippen molar-refractivity contribution in [3.8, 4) is 0 Å². The van der Waals surface area contributed by atoms with E-state index in [-0.39, 0.29) is 24.5 Å². The van der Waals surface area contributed by atoms with Crippen molar-refractivity contribution in [3.05, 3.63) is 0 Å². The molecule has 19 heavy (non-hydrogen) atoms. The summed E-state index contributed by atoms with van der Waals surface area (Å²) in [5.74, 6) is -1.77. The fraction of sp³-hybridized carbons (Fsp3) is 0.857. The summed E-state index contributed by atoms with van der Waals surface area (Å²) in [7, 11) is 0. The van der Waals surface area contributed by atoms with Crippen LogP contribution >= 0.6 is 0 Å². The lowest BCUT2D eigenvalue weighted by atomic mass is 9.93. The maximum Gasteiger partial charge on any atom is 0.309 e. The van der Waals surface area contributed by atoms with Crippen LogP contribution in [0.1, 0.15) is 51.4 Å². The van der Waals surface area contributed by atoms with E-state index in [1.165, 1.54) is 6.42 Å². The van der Waals surface area contributed by atoms with Crippen LogP contribution < -0.4 is 5.32 Å². The predicted octanol–water partition coefficient (Wildman–Crippen LogP) is 1.71. The van der Waals surface area contributed by atoms with E-state index in [9.17, 15) is 14.7 Å². The van der Waals surface area contributed by atoms with E-state index in [0.29, 0.717) is 6.61 Å². The van der Waals surface area contributed by atoms with Gasteiger partial charge in [0.05, 0.1) is 12.0 Å². The molecule has 1 aliphatic carbocycles. The van der Waals surface area contributed by atoms with Gasteiger partial charge in [0.2, 0.25) is 5.91 Å². The second kappa shape index (κ2) is 6.89. The molecule has 2 N–H and O–H groups in total. The minimum Gasteiger partial charge on any atom is -0.481 e. The molecule has 1 aliphatic heterocycles. The SMILES string of the molecule is O=C(C[C@H](C(=O)O)[C@@H]1CCCO1)NC1CCCCC1. The van der Waals surface area contributed by atoms with E-state index in [1.807, 2.05) is 0 Å². The van der Waals surface area contributed by atoms with E-state index in [0.717, 1.165) is 38.5 Å². The van der Waals surface area contributed by atoms with Crippen LogP contribution in [0.15, 0.2) is 0 Å². The zero-order valence-corrected chi connectivity index (χ0v) is 11.3. The van der Waals surface area contributed by atoms with Gasteiger partial charge < -0.3 is 15.2 Å². The molecule has 0 aromatic heterocycles. The number of nitrogens with one attached hydrogen (secondary N) is 1. The van der Waals surface area contributed by atoms with Crippen molar-refractivity contribution in [2.75, 3.05) is 6.61 Å². The van der Waals surface area contributed by atoms with Gasteiger partial charge in [0.1, 0.15) is 0 Å². The second-order valence-electron chi connectivity index (χ2n) is 5.60. The van der Waals surface area contributed by atoms with Crippen LogP contribution in [0.4, 0.5) is 0 Å². The fourth-order valence-corrected chi connectivity index (χ4v) is 3.03. The highest BCUT2D eigenvalue weighted by molar-refractivity contribution is 5.82. The molecule has 1 saturated carbocycles. The Morgan fingerprint density at radius 1 is 1.16 bits per heavy atom. The maximum atomic E-state index is 12.0. The molecule has 1 heterocycles. The summed E-state index contributed by atoms with van der Waals surface area (Å²) in [6, 6.07) is 0.236. The molecule has 2 fully saturated rings. The zero-order valence-electron chi connectivity index (χ0n) is 11.3. The first-order valence-electron chi connectivity index (χ1n) is 7.30. The van der Waals surface area contributed by atoms with Crippen LogP contribution in [0, 0.1) is 5.92 Å². The van der Waals surface area contributed by atoms with Gasteiger partial charge in [-0.05, 0) is 25.7 Å². The van der Waals surface area contributed by atoms with Crippen LogP contribution in [0.5, 0.6) is 0 Å². The van der Waals surface area contributed by atoms with Gasteiger partial charge in [-0.2, -0.15) is 0 Å². The van der Waals surface area contributed by atoms with Crippen molar-refractivity contribution < 1.29 is 19.4 Å². The molecule has 0 aromatic carbocycles. The third-order valence-electron chi connectivity index (χ3n) is 4.11. The van der Waals surface area contributed by atoms with E-state index < -0.39 is 11.9 Å². The molecular formula is C14H23NO4. The van der Waals surface area contributed by atoms with Crippen LogP contribution in [-0.4, -0.2) is 35.7 Å². The normalized spacial score (nSPS) is 26.0. The largest absolute Gasteiger partial charge is 0.481 e. The van der Waals surface area contributed by atoms with Crippen molar-refractivity contribution >= 4 is 11.9 Å². The average molecular weight is 269 g/mol. The zero-order chi connectivity index (χ0) is 13.7. The lowest BCUT2D eigenvalue weighted by Gasteiger charge is -2.24. The average Bonchev–Trinajstić information content (AvgIpc) is 2.90. The van der Waals surface area contributed by atoms with Crippen molar-refractivity contribution in [1.29, 1.82) is 0 Å². The molecule has 2 rings (SSSR count). The Labute approximate surface area is 113 Å². The molecule has 5 nitrogen and oxygen atoms in total. The molecular weight excluding hydrogens is 246 g/mol. The number of carboxylic acids is 1. The second-order valence-corrected chi connectivity index (χ2v) is 5.60. The van der Waals surface area contributed by atoms with E-state index in [2.05, 4.69) is 5.32 Å².